The van der Waals surface area contributed by atoms with E-state index in [4.69, 9.17) is 0 Å². The predicted octanol–water partition coefficient (Wildman–Crippen LogP) is 0.924. The molecule has 4 nitrogen and oxygen atoms in total. The van der Waals surface area contributed by atoms with E-state index in [1.807, 2.05) is 0 Å². The van der Waals surface area contributed by atoms with E-state index in [0.29, 0.717) is 13.1 Å². The van der Waals surface area contributed by atoms with Gasteiger partial charge in [-0.3, -0.25) is 0 Å². The molecule has 0 bridgehead atoms. The first kappa shape index (κ1) is 10.2. The van der Waals surface area contributed by atoms with Crippen molar-refractivity contribution < 1.29 is 9.59 Å². The number of carbonyl (C=O) groups excluding carboxylic acids is 2. The van der Waals surface area contributed by atoms with Gasteiger partial charge in [-0.1, -0.05) is 0 Å². The molecule has 1 fully saturated rings. The molecule has 0 amide bonds. The highest BCUT2D eigenvalue weighted by Crippen LogP contribution is 2.38. The van der Waals surface area contributed by atoms with Gasteiger partial charge in [-0.15, -0.1) is 0 Å². The van der Waals surface area contributed by atoms with E-state index in [0.717, 1.165) is 18.6 Å². The summed E-state index contributed by atoms with van der Waals surface area (Å²) in [7, 11) is 0. The van der Waals surface area contributed by atoms with Crippen LogP contribution in [0.1, 0.15) is 12.8 Å². The summed E-state index contributed by atoms with van der Waals surface area (Å²) in [5.41, 5.74) is 0. The van der Waals surface area contributed by atoms with Gasteiger partial charge >= 0.3 is 0 Å². The second kappa shape index (κ2) is 4.97. The van der Waals surface area contributed by atoms with Crippen molar-refractivity contribution in [3.63, 3.8) is 0 Å². The maximum absolute atomic E-state index is 9.97. The molecule has 0 radical (unpaired) electrons. The lowest BCUT2D eigenvalue weighted by molar-refractivity contribution is 0.541. The van der Waals surface area contributed by atoms with Crippen LogP contribution in [-0.4, -0.2) is 35.7 Å². The largest absolute Gasteiger partial charge is 0.234 e. The maximum Gasteiger partial charge on any atom is 0.234 e. The zero-order chi connectivity index (χ0) is 9.57. The van der Waals surface area contributed by atoms with Gasteiger partial charge in [-0.05, 0) is 18.6 Å². The Bertz CT molecular complexity index is 239. The zero-order valence-electron chi connectivity index (χ0n) is 7.15. The van der Waals surface area contributed by atoms with Gasteiger partial charge in [0.05, 0.1) is 17.8 Å². The molecular formula is C8H10N2O2S. The van der Waals surface area contributed by atoms with Crippen LogP contribution in [0.2, 0.25) is 0 Å². The van der Waals surface area contributed by atoms with Crippen LogP contribution in [0.5, 0.6) is 0 Å². The fourth-order valence-electron chi connectivity index (χ4n) is 1.41. The Kier molecular flexibility index (Phi) is 3.90. The molecule has 0 aromatic rings. The Morgan fingerprint density at radius 1 is 1.23 bits per heavy atom. The quantitative estimate of drug-likeness (QED) is 0.498. The minimum absolute atomic E-state index is 0.144. The molecule has 0 aliphatic carbocycles. The van der Waals surface area contributed by atoms with Crippen molar-refractivity contribution in [2.24, 2.45) is 9.98 Å². The standard InChI is InChI=1S/C8H10N2O2S/c11-6-9-4-8(5-10-7-12)2-1-3-13-8/h1-5H2. The molecular weight excluding hydrogens is 188 g/mol. The lowest BCUT2D eigenvalue weighted by Crippen LogP contribution is -2.29. The summed E-state index contributed by atoms with van der Waals surface area (Å²) in [6.45, 7) is 0.818. The van der Waals surface area contributed by atoms with Gasteiger partial charge in [0.15, 0.2) is 0 Å². The number of rotatable bonds is 4. The highest BCUT2D eigenvalue weighted by atomic mass is 32.2. The van der Waals surface area contributed by atoms with Crippen LogP contribution in [0.25, 0.3) is 0 Å². The summed E-state index contributed by atoms with van der Waals surface area (Å²) in [4.78, 5) is 27.1. The zero-order valence-corrected chi connectivity index (χ0v) is 7.97. The van der Waals surface area contributed by atoms with Crippen LogP contribution in [0.3, 0.4) is 0 Å². The molecule has 0 spiro atoms. The first-order valence-corrected chi connectivity index (χ1v) is 5.03. The SMILES string of the molecule is O=C=NCC1(CN=C=O)CCCS1. The molecule has 5 heteroatoms. The van der Waals surface area contributed by atoms with Gasteiger partial charge in [0.1, 0.15) is 0 Å². The van der Waals surface area contributed by atoms with Crippen LogP contribution in [0.4, 0.5) is 0 Å². The van der Waals surface area contributed by atoms with Crippen molar-refractivity contribution in [3.05, 3.63) is 0 Å². The Morgan fingerprint density at radius 3 is 2.23 bits per heavy atom. The van der Waals surface area contributed by atoms with Crippen LogP contribution in [0.15, 0.2) is 9.98 Å². The number of isocyanates is 2. The van der Waals surface area contributed by atoms with Gasteiger partial charge in [-0.25, -0.2) is 19.6 Å². The minimum atomic E-state index is -0.144. The summed E-state index contributed by atoms with van der Waals surface area (Å²) < 4.78 is -0.144. The van der Waals surface area contributed by atoms with E-state index in [1.54, 1.807) is 11.8 Å². The number of thioether (sulfide) groups is 1. The Hall–Kier alpha value is -0.890. The number of hydrogen-bond donors (Lipinski definition) is 0. The third-order valence-corrected chi connectivity index (χ3v) is 3.62. The molecule has 0 N–H and O–H groups in total. The van der Waals surface area contributed by atoms with Crippen molar-refractivity contribution >= 4 is 23.9 Å². The van der Waals surface area contributed by atoms with Gasteiger partial charge in [0.25, 0.3) is 0 Å². The molecule has 1 heterocycles. The number of hydrogen-bond acceptors (Lipinski definition) is 5. The molecule has 0 atom stereocenters. The highest BCUT2D eigenvalue weighted by Gasteiger charge is 2.34. The maximum atomic E-state index is 9.97. The monoisotopic (exact) mass is 198 g/mol. The molecule has 0 unspecified atom stereocenters. The summed E-state index contributed by atoms with van der Waals surface area (Å²) in [6.07, 6.45) is 5.08. The minimum Gasteiger partial charge on any atom is -0.211 e. The van der Waals surface area contributed by atoms with Crippen molar-refractivity contribution in [3.8, 4) is 0 Å². The van der Waals surface area contributed by atoms with E-state index < -0.39 is 0 Å². The lowest BCUT2D eigenvalue weighted by Gasteiger charge is -2.21. The van der Waals surface area contributed by atoms with Crippen LogP contribution >= 0.6 is 11.8 Å². The molecule has 1 aliphatic rings. The van der Waals surface area contributed by atoms with Crippen molar-refractivity contribution in [2.75, 3.05) is 18.8 Å². The van der Waals surface area contributed by atoms with Crippen molar-refractivity contribution in [1.82, 2.24) is 0 Å². The lowest BCUT2D eigenvalue weighted by atomic mass is 10.0. The molecule has 1 aliphatic heterocycles. The van der Waals surface area contributed by atoms with Gasteiger partial charge in [-0.2, -0.15) is 11.8 Å². The second-order valence-corrected chi connectivity index (χ2v) is 4.51. The highest BCUT2D eigenvalue weighted by molar-refractivity contribution is 8.01. The Morgan fingerprint density at radius 2 is 1.85 bits per heavy atom. The van der Waals surface area contributed by atoms with Gasteiger partial charge < -0.3 is 0 Å². The van der Waals surface area contributed by atoms with Crippen molar-refractivity contribution in [1.29, 1.82) is 0 Å². The first-order chi connectivity index (χ1) is 6.33. The first-order valence-electron chi connectivity index (χ1n) is 4.04. The van der Waals surface area contributed by atoms with Crippen molar-refractivity contribution in [2.45, 2.75) is 17.6 Å². The summed E-state index contributed by atoms with van der Waals surface area (Å²) in [5.74, 6) is 1.04. The molecule has 70 valence electrons. The van der Waals surface area contributed by atoms with E-state index in [2.05, 4.69) is 9.98 Å². The third kappa shape index (κ3) is 2.81. The topological polar surface area (TPSA) is 58.9 Å². The van der Waals surface area contributed by atoms with E-state index in [9.17, 15) is 9.59 Å². The van der Waals surface area contributed by atoms with Gasteiger partial charge in [0, 0.05) is 0 Å². The summed E-state index contributed by atoms with van der Waals surface area (Å²) in [6, 6.07) is 0. The predicted molar refractivity (Wildman–Crippen MR) is 50.4 cm³/mol. The van der Waals surface area contributed by atoms with E-state index in [1.165, 1.54) is 12.2 Å². The Balaban J connectivity index is 2.61. The average molecular weight is 198 g/mol. The molecule has 1 saturated heterocycles. The number of nitrogens with zero attached hydrogens (tertiary/aromatic N) is 2. The molecule has 0 saturated carbocycles. The van der Waals surface area contributed by atoms with Gasteiger partial charge in [0.2, 0.25) is 12.2 Å². The summed E-state index contributed by atoms with van der Waals surface area (Å²) >= 11 is 1.72. The fourth-order valence-corrected chi connectivity index (χ4v) is 2.73. The molecule has 0 aromatic carbocycles. The Labute approximate surface area is 80.5 Å². The average Bonchev–Trinajstić information content (AvgIpc) is 2.61. The molecule has 0 aromatic heterocycles. The van der Waals surface area contributed by atoms with E-state index >= 15 is 0 Å². The molecule has 1 rings (SSSR count). The molecule has 13 heavy (non-hydrogen) atoms. The third-order valence-electron chi connectivity index (χ3n) is 2.05. The fraction of sp³-hybridized carbons (Fsp3) is 0.750. The second-order valence-electron chi connectivity index (χ2n) is 2.95. The summed E-state index contributed by atoms with van der Waals surface area (Å²) in [5, 5.41) is 0. The van der Waals surface area contributed by atoms with Crippen LogP contribution in [0, 0.1) is 0 Å². The van der Waals surface area contributed by atoms with Crippen LogP contribution < -0.4 is 0 Å². The van der Waals surface area contributed by atoms with E-state index in [-0.39, 0.29) is 4.75 Å². The normalized spacial score (nSPS) is 26.2. The smallest absolute Gasteiger partial charge is 0.211 e. The number of aliphatic imine (C=N–C) groups is 2. The van der Waals surface area contributed by atoms with Crippen LogP contribution in [-0.2, 0) is 9.59 Å².